The van der Waals surface area contributed by atoms with Gasteiger partial charge in [0.2, 0.25) is 0 Å². The predicted molar refractivity (Wildman–Crippen MR) is 138 cm³/mol. The van der Waals surface area contributed by atoms with E-state index in [9.17, 15) is 0 Å². The molecule has 152 valence electrons. The largest absolute Gasteiger partial charge is 0.456 e. The van der Waals surface area contributed by atoms with Gasteiger partial charge in [-0.25, -0.2) is 0 Å². The van der Waals surface area contributed by atoms with E-state index in [-0.39, 0.29) is 0 Å². The molecule has 0 radical (unpaired) electrons. The zero-order valence-corrected chi connectivity index (χ0v) is 19.1. The van der Waals surface area contributed by atoms with E-state index in [2.05, 4.69) is 87.2 Å². The molecular formula is C28H15BrClNO. The summed E-state index contributed by atoms with van der Waals surface area (Å²) in [5.41, 5.74) is 4.87. The highest BCUT2D eigenvalue weighted by Crippen LogP contribution is 2.41. The smallest absolute Gasteiger partial charge is 0.137 e. The molecule has 2 heterocycles. The number of furan rings is 1. The van der Waals surface area contributed by atoms with Crippen LogP contribution in [0.2, 0.25) is 5.02 Å². The summed E-state index contributed by atoms with van der Waals surface area (Å²) in [6.07, 6.45) is 0. The molecule has 2 aromatic heterocycles. The SMILES string of the molecule is Clc1cc2c(cc1-n1c3ccccc3c3ccc4c(Br)cccc4c31)oc1ccccc12. The Bertz CT molecular complexity index is 1860. The van der Waals surface area contributed by atoms with Gasteiger partial charge in [0.05, 0.1) is 21.7 Å². The lowest BCUT2D eigenvalue weighted by atomic mass is 10.1. The summed E-state index contributed by atoms with van der Waals surface area (Å²) in [4.78, 5) is 0. The van der Waals surface area contributed by atoms with E-state index in [0.717, 1.165) is 43.1 Å². The molecule has 0 saturated carbocycles. The molecule has 0 N–H and O–H groups in total. The third-order valence-electron chi connectivity index (χ3n) is 6.33. The summed E-state index contributed by atoms with van der Waals surface area (Å²) >= 11 is 10.7. The molecule has 0 unspecified atom stereocenters. The van der Waals surface area contributed by atoms with Crippen molar-refractivity contribution in [3.05, 3.63) is 100 Å². The van der Waals surface area contributed by atoms with Gasteiger partial charge in [0.15, 0.2) is 0 Å². The van der Waals surface area contributed by atoms with E-state index in [1.807, 2.05) is 24.3 Å². The fourth-order valence-electron chi connectivity index (χ4n) is 4.93. The highest BCUT2D eigenvalue weighted by Gasteiger charge is 2.19. The topological polar surface area (TPSA) is 18.1 Å². The summed E-state index contributed by atoms with van der Waals surface area (Å²) in [5.74, 6) is 0. The van der Waals surface area contributed by atoms with E-state index in [1.54, 1.807) is 0 Å². The maximum absolute atomic E-state index is 6.96. The monoisotopic (exact) mass is 495 g/mol. The van der Waals surface area contributed by atoms with Crippen LogP contribution in [-0.4, -0.2) is 4.57 Å². The first-order valence-electron chi connectivity index (χ1n) is 10.4. The molecule has 0 spiro atoms. The van der Waals surface area contributed by atoms with Crippen LogP contribution in [0.5, 0.6) is 0 Å². The zero-order valence-electron chi connectivity index (χ0n) is 16.8. The van der Waals surface area contributed by atoms with E-state index in [1.165, 1.54) is 21.5 Å². The number of halogens is 2. The van der Waals surface area contributed by atoms with Gasteiger partial charge in [-0.05, 0) is 29.7 Å². The molecule has 0 aliphatic heterocycles. The van der Waals surface area contributed by atoms with Gasteiger partial charge in [-0.2, -0.15) is 0 Å². The normalized spacial score (nSPS) is 12.1. The van der Waals surface area contributed by atoms with Crippen LogP contribution in [0.3, 0.4) is 0 Å². The average Bonchev–Trinajstić information content (AvgIpc) is 3.34. The summed E-state index contributed by atoms with van der Waals surface area (Å²) in [6.45, 7) is 0. The van der Waals surface area contributed by atoms with Crippen LogP contribution in [0.15, 0.2) is 99.9 Å². The highest BCUT2D eigenvalue weighted by molar-refractivity contribution is 9.10. The van der Waals surface area contributed by atoms with Crippen molar-refractivity contribution in [3.8, 4) is 5.69 Å². The van der Waals surface area contributed by atoms with Gasteiger partial charge in [0, 0.05) is 37.5 Å². The van der Waals surface area contributed by atoms with Crippen LogP contribution < -0.4 is 0 Å². The lowest BCUT2D eigenvalue weighted by molar-refractivity contribution is 0.668. The molecule has 2 nitrogen and oxygen atoms in total. The van der Waals surface area contributed by atoms with Crippen LogP contribution in [0.4, 0.5) is 0 Å². The molecule has 0 saturated heterocycles. The number of hydrogen-bond donors (Lipinski definition) is 0. The molecule has 0 amide bonds. The van der Waals surface area contributed by atoms with Crippen LogP contribution >= 0.6 is 27.5 Å². The molecule has 7 aromatic rings. The number of aromatic nitrogens is 1. The molecule has 7 rings (SSSR count). The third kappa shape index (κ3) is 2.41. The van der Waals surface area contributed by atoms with Gasteiger partial charge < -0.3 is 8.98 Å². The van der Waals surface area contributed by atoms with Crippen LogP contribution in [0, 0.1) is 0 Å². The Morgan fingerprint density at radius 1 is 0.625 bits per heavy atom. The van der Waals surface area contributed by atoms with Gasteiger partial charge in [-0.15, -0.1) is 0 Å². The van der Waals surface area contributed by atoms with Crippen LogP contribution in [0.1, 0.15) is 0 Å². The van der Waals surface area contributed by atoms with Crippen molar-refractivity contribution in [2.45, 2.75) is 0 Å². The summed E-state index contributed by atoms with van der Waals surface area (Å²) in [5, 5.41) is 7.55. The van der Waals surface area contributed by atoms with Crippen LogP contribution in [-0.2, 0) is 0 Å². The second-order valence-electron chi connectivity index (χ2n) is 8.05. The molecular weight excluding hydrogens is 482 g/mol. The fraction of sp³-hybridized carbons (Fsp3) is 0. The first-order chi connectivity index (χ1) is 15.7. The van der Waals surface area contributed by atoms with E-state index < -0.39 is 0 Å². The standard InChI is InChI=1S/C28H15BrClNO/c29-22-9-5-8-19-16(22)12-13-20-17-6-1-3-10-24(17)31(28(19)20)25-15-27-21(14-23(25)30)18-7-2-4-11-26(18)32-27/h1-15H. The molecule has 0 aliphatic rings. The number of para-hydroxylation sites is 2. The van der Waals surface area contributed by atoms with E-state index in [0.29, 0.717) is 5.02 Å². The molecule has 0 aliphatic carbocycles. The summed E-state index contributed by atoms with van der Waals surface area (Å²) in [6, 6.07) is 31.4. The molecule has 0 bridgehead atoms. The van der Waals surface area contributed by atoms with Crippen molar-refractivity contribution < 1.29 is 4.42 Å². The Morgan fingerprint density at radius 2 is 1.34 bits per heavy atom. The van der Waals surface area contributed by atoms with Crippen molar-refractivity contribution in [3.63, 3.8) is 0 Å². The van der Waals surface area contributed by atoms with Gasteiger partial charge in [-0.1, -0.05) is 88.2 Å². The summed E-state index contributed by atoms with van der Waals surface area (Å²) in [7, 11) is 0. The summed E-state index contributed by atoms with van der Waals surface area (Å²) < 4.78 is 9.55. The van der Waals surface area contributed by atoms with Crippen molar-refractivity contribution in [2.75, 3.05) is 0 Å². The number of fused-ring (bicyclic) bond motifs is 8. The minimum atomic E-state index is 0.693. The Morgan fingerprint density at radius 3 is 2.25 bits per heavy atom. The molecule has 5 aromatic carbocycles. The molecule has 0 fully saturated rings. The van der Waals surface area contributed by atoms with Gasteiger partial charge >= 0.3 is 0 Å². The first-order valence-corrected chi connectivity index (χ1v) is 11.6. The number of benzene rings is 5. The molecule has 0 atom stereocenters. The molecule has 32 heavy (non-hydrogen) atoms. The average molecular weight is 497 g/mol. The highest BCUT2D eigenvalue weighted by atomic mass is 79.9. The van der Waals surface area contributed by atoms with Crippen molar-refractivity contribution in [2.24, 2.45) is 0 Å². The maximum Gasteiger partial charge on any atom is 0.137 e. The Hall–Kier alpha value is -3.27. The quantitative estimate of drug-likeness (QED) is 0.221. The number of nitrogens with zero attached hydrogens (tertiary/aromatic N) is 1. The zero-order chi connectivity index (χ0) is 21.4. The third-order valence-corrected chi connectivity index (χ3v) is 7.32. The minimum Gasteiger partial charge on any atom is -0.456 e. The maximum atomic E-state index is 6.96. The second kappa shape index (κ2) is 6.61. The van der Waals surface area contributed by atoms with Gasteiger partial charge in [-0.3, -0.25) is 0 Å². The lowest BCUT2D eigenvalue weighted by Gasteiger charge is -2.12. The van der Waals surface area contributed by atoms with Crippen molar-refractivity contribution >= 4 is 82.0 Å². The number of hydrogen-bond acceptors (Lipinski definition) is 1. The second-order valence-corrected chi connectivity index (χ2v) is 9.31. The van der Waals surface area contributed by atoms with Gasteiger partial charge in [0.1, 0.15) is 11.2 Å². The predicted octanol–water partition coefficient (Wildman–Crippen LogP) is 9.25. The van der Waals surface area contributed by atoms with Crippen molar-refractivity contribution in [1.29, 1.82) is 0 Å². The lowest BCUT2D eigenvalue weighted by Crippen LogP contribution is -1.96. The minimum absolute atomic E-state index is 0.693. The van der Waals surface area contributed by atoms with E-state index >= 15 is 0 Å². The Kier molecular flexibility index (Phi) is 3.79. The van der Waals surface area contributed by atoms with Gasteiger partial charge in [0.25, 0.3) is 0 Å². The fourth-order valence-corrected chi connectivity index (χ4v) is 5.68. The van der Waals surface area contributed by atoms with E-state index in [4.69, 9.17) is 16.0 Å². The Labute approximate surface area is 196 Å². The Balaban J connectivity index is 1.69. The number of rotatable bonds is 1. The van der Waals surface area contributed by atoms with Crippen LogP contribution in [0.25, 0.3) is 60.2 Å². The van der Waals surface area contributed by atoms with Crippen molar-refractivity contribution in [1.82, 2.24) is 4.57 Å². The first kappa shape index (κ1) is 18.3. The molecule has 4 heteroatoms.